The van der Waals surface area contributed by atoms with Crippen molar-refractivity contribution >= 4 is 0 Å². The Morgan fingerprint density at radius 3 is 1.56 bits per heavy atom. The minimum atomic E-state index is -0.109. The van der Waals surface area contributed by atoms with Crippen molar-refractivity contribution in [1.82, 2.24) is 0 Å². The molecular weight excluding hydrogens is 224 g/mol. The van der Waals surface area contributed by atoms with Crippen LogP contribution in [0.3, 0.4) is 0 Å². The first-order chi connectivity index (χ1) is 8.09. The summed E-state index contributed by atoms with van der Waals surface area (Å²) in [7, 11) is 0. The van der Waals surface area contributed by atoms with E-state index in [-0.39, 0.29) is 10.8 Å². The van der Waals surface area contributed by atoms with Crippen LogP contribution >= 0.6 is 0 Å². The van der Waals surface area contributed by atoms with Crippen LogP contribution in [-0.4, -0.2) is 5.11 Å². The van der Waals surface area contributed by atoms with Crippen molar-refractivity contribution in [2.75, 3.05) is 0 Å². The number of ether oxygens (including phenoxy) is 1. The minimum Gasteiger partial charge on any atom is -0.507 e. The fraction of sp³-hybridized carbons (Fsp3) is 0.625. The maximum absolute atomic E-state index is 10.6. The predicted molar refractivity (Wildman–Crippen MR) is 75.0 cm³/mol. The summed E-state index contributed by atoms with van der Waals surface area (Å²) in [6, 6.07) is 0. The van der Waals surface area contributed by atoms with Gasteiger partial charge in [0, 0.05) is 16.7 Å². The van der Waals surface area contributed by atoms with Crippen molar-refractivity contribution in [1.29, 1.82) is 0 Å². The van der Waals surface area contributed by atoms with Gasteiger partial charge in [-0.3, -0.25) is 0 Å². The summed E-state index contributed by atoms with van der Waals surface area (Å²) < 4.78 is 5.87. The number of hydrogen-bond donors (Lipinski definition) is 1. The lowest BCUT2D eigenvalue weighted by molar-refractivity contribution is 0.341. The molecule has 0 unspecified atom stereocenters. The summed E-state index contributed by atoms with van der Waals surface area (Å²) in [4.78, 5) is 0. The highest BCUT2D eigenvalue weighted by molar-refractivity contribution is 5.72. The number of phenols is 1. The fourth-order valence-electron chi connectivity index (χ4n) is 2.74. The molecule has 1 aromatic rings. The fourth-order valence-corrected chi connectivity index (χ4v) is 2.74. The van der Waals surface area contributed by atoms with Crippen molar-refractivity contribution < 1.29 is 9.84 Å². The zero-order valence-corrected chi connectivity index (χ0v) is 12.6. The first-order valence-corrected chi connectivity index (χ1v) is 6.69. The molecular formula is C16H24O2. The molecule has 0 radical (unpaired) electrons. The van der Waals surface area contributed by atoms with E-state index in [1.54, 1.807) is 0 Å². The Kier molecular flexibility index (Phi) is 2.69. The maximum Gasteiger partial charge on any atom is 0.141 e. The Morgan fingerprint density at radius 2 is 1.28 bits per heavy atom. The van der Waals surface area contributed by atoms with Gasteiger partial charge in [0.05, 0.1) is 0 Å². The van der Waals surface area contributed by atoms with Crippen LogP contribution in [0.5, 0.6) is 17.2 Å². The summed E-state index contributed by atoms with van der Waals surface area (Å²) >= 11 is 0. The number of hydrogen-bond acceptors (Lipinski definition) is 2. The Bertz CT molecular complexity index is 458. The second-order valence-electron chi connectivity index (χ2n) is 7.19. The average molecular weight is 248 g/mol. The third-order valence-corrected chi connectivity index (χ3v) is 3.53. The largest absolute Gasteiger partial charge is 0.507 e. The molecule has 2 bridgehead atoms. The van der Waals surface area contributed by atoms with Gasteiger partial charge < -0.3 is 9.84 Å². The molecule has 2 heterocycles. The van der Waals surface area contributed by atoms with Gasteiger partial charge in [0.15, 0.2) is 0 Å². The van der Waals surface area contributed by atoms with Crippen LogP contribution in [0.25, 0.3) is 0 Å². The van der Waals surface area contributed by atoms with Crippen molar-refractivity contribution in [3.8, 4) is 17.2 Å². The van der Waals surface area contributed by atoms with Gasteiger partial charge in [0.25, 0.3) is 0 Å². The zero-order valence-electron chi connectivity index (χ0n) is 12.6. The molecule has 0 aliphatic carbocycles. The normalized spacial score (nSPS) is 14.2. The summed E-state index contributed by atoms with van der Waals surface area (Å²) in [5.74, 6) is 2.25. The quantitative estimate of drug-likeness (QED) is 0.795. The number of fused-ring (bicyclic) bond motifs is 2. The zero-order chi connectivity index (χ0) is 13.9. The van der Waals surface area contributed by atoms with E-state index in [9.17, 15) is 5.11 Å². The molecule has 1 N–H and O–H groups in total. The first-order valence-electron chi connectivity index (χ1n) is 6.69. The van der Waals surface area contributed by atoms with Gasteiger partial charge in [-0.05, 0) is 17.3 Å². The van der Waals surface area contributed by atoms with Crippen LogP contribution in [0.2, 0.25) is 0 Å². The van der Waals surface area contributed by atoms with E-state index in [0.717, 1.165) is 29.0 Å². The summed E-state index contributed by atoms with van der Waals surface area (Å²) in [6.45, 7) is 14.8. The smallest absolute Gasteiger partial charge is 0.141 e. The van der Waals surface area contributed by atoms with Crippen LogP contribution in [0, 0.1) is 0 Å². The monoisotopic (exact) mass is 248 g/mol. The minimum absolute atomic E-state index is 0.109. The SMILES string of the molecule is CCc1c2c(C(C)(C)C)c(O)c(C(C)(C)C)c1O2. The van der Waals surface area contributed by atoms with Gasteiger partial charge in [-0.2, -0.15) is 0 Å². The maximum atomic E-state index is 10.6. The van der Waals surface area contributed by atoms with Crippen LogP contribution in [0.15, 0.2) is 0 Å². The number of benzene rings is 1. The van der Waals surface area contributed by atoms with Gasteiger partial charge in [-0.15, -0.1) is 0 Å². The van der Waals surface area contributed by atoms with Gasteiger partial charge in [-0.25, -0.2) is 0 Å². The Labute approximate surface area is 110 Å². The standard InChI is InChI=1S/C16H24O2/c1-8-9-13-10(15(2,3)4)12(17)11(14(9)18-13)16(5,6)7/h17H,8H2,1-7H3. The molecule has 3 rings (SSSR count). The summed E-state index contributed by atoms with van der Waals surface area (Å²) in [5.41, 5.74) is 2.96. The molecule has 1 aromatic carbocycles. The molecule has 0 atom stereocenters. The molecule has 2 aliphatic rings. The lowest BCUT2D eigenvalue weighted by Crippen LogP contribution is -2.25. The topological polar surface area (TPSA) is 29.5 Å². The van der Waals surface area contributed by atoms with Crippen molar-refractivity contribution in [2.45, 2.75) is 65.7 Å². The lowest BCUT2D eigenvalue weighted by Gasteiger charge is -2.38. The number of rotatable bonds is 1. The molecule has 0 aromatic heterocycles. The van der Waals surface area contributed by atoms with Crippen LogP contribution in [-0.2, 0) is 17.3 Å². The molecule has 0 fully saturated rings. The Balaban J connectivity index is 2.80. The average Bonchev–Trinajstić information content (AvgIpc) is 2.12. The van der Waals surface area contributed by atoms with Crippen LogP contribution < -0.4 is 4.74 Å². The third kappa shape index (κ3) is 1.70. The molecule has 0 spiro atoms. The summed E-state index contributed by atoms with van der Waals surface area (Å²) in [6.07, 6.45) is 0.955. The van der Waals surface area contributed by atoms with Crippen molar-refractivity contribution in [3.63, 3.8) is 0 Å². The second-order valence-corrected chi connectivity index (χ2v) is 7.19. The van der Waals surface area contributed by atoms with E-state index in [1.165, 1.54) is 5.56 Å². The van der Waals surface area contributed by atoms with Crippen molar-refractivity contribution in [3.05, 3.63) is 16.7 Å². The number of aryl methyl sites for hydroxylation is 1. The van der Waals surface area contributed by atoms with E-state index in [1.807, 2.05) is 0 Å². The highest BCUT2D eigenvalue weighted by atomic mass is 16.5. The molecule has 2 aliphatic heterocycles. The second kappa shape index (κ2) is 3.66. The Hall–Kier alpha value is -1.18. The number of aromatic hydroxyl groups is 1. The van der Waals surface area contributed by atoms with Gasteiger partial charge >= 0.3 is 0 Å². The van der Waals surface area contributed by atoms with E-state index < -0.39 is 0 Å². The molecule has 0 amide bonds. The van der Waals surface area contributed by atoms with Gasteiger partial charge in [-0.1, -0.05) is 48.5 Å². The first kappa shape index (κ1) is 13.3. The van der Waals surface area contributed by atoms with E-state index in [0.29, 0.717) is 5.75 Å². The molecule has 0 saturated heterocycles. The van der Waals surface area contributed by atoms with Gasteiger partial charge in [0.1, 0.15) is 17.2 Å². The molecule has 100 valence electrons. The van der Waals surface area contributed by atoms with E-state index in [4.69, 9.17) is 4.74 Å². The highest BCUT2D eigenvalue weighted by Gasteiger charge is 2.40. The molecule has 2 nitrogen and oxygen atoms in total. The van der Waals surface area contributed by atoms with Crippen LogP contribution in [0.1, 0.15) is 65.2 Å². The number of phenolic OH excluding ortho intramolecular Hbond substituents is 1. The predicted octanol–water partition coefficient (Wildman–Crippen LogP) is 4.66. The molecule has 18 heavy (non-hydrogen) atoms. The van der Waals surface area contributed by atoms with Gasteiger partial charge in [0.2, 0.25) is 0 Å². The molecule has 0 saturated carbocycles. The van der Waals surface area contributed by atoms with Crippen LogP contribution in [0.4, 0.5) is 0 Å². The van der Waals surface area contributed by atoms with E-state index in [2.05, 4.69) is 48.5 Å². The Morgan fingerprint density at radius 1 is 0.889 bits per heavy atom. The highest BCUT2D eigenvalue weighted by Crippen LogP contribution is 2.59. The van der Waals surface area contributed by atoms with E-state index >= 15 is 0 Å². The third-order valence-electron chi connectivity index (χ3n) is 3.53. The summed E-state index contributed by atoms with van der Waals surface area (Å²) in [5, 5.41) is 10.6. The molecule has 2 heteroatoms. The lowest BCUT2D eigenvalue weighted by atomic mass is 9.75. The van der Waals surface area contributed by atoms with Crippen molar-refractivity contribution in [2.24, 2.45) is 0 Å².